The molecule has 18 heavy (non-hydrogen) atoms. The highest BCUT2D eigenvalue weighted by Gasteiger charge is 2.05. The number of aromatic nitrogens is 3. The molecule has 0 amide bonds. The van der Waals surface area contributed by atoms with Crippen LogP contribution in [0.3, 0.4) is 0 Å². The topological polar surface area (TPSA) is 75.8 Å². The molecule has 6 heteroatoms. The largest absolute Gasteiger partial charge is 0.480 e. The highest BCUT2D eigenvalue weighted by molar-refractivity contribution is 5.51. The third-order valence-electron chi connectivity index (χ3n) is 2.42. The van der Waals surface area contributed by atoms with E-state index < -0.39 is 0 Å². The maximum Gasteiger partial charge on any atom is 0.231 e. The summed E-state index contributed by atoms with van der Waals surface area (Å²) in [4.78, 5) is 4.06. The number of hydrogen-bond acceptors (Lipinski definition) is 5. The van der Waals surface area contributed by atoms with Gasteiger partial charge in [-0.2, -0.15) is 10.4 Å². The molecule has 1 N–H and O–H groups in total. The van der Waals surface area contributed by atoms with Crippen molar-refractivity contribution in [1.82, 2.24) is 14.8 Å². The molecule has 0 atom stereocenters. The molecule has 0 spiro atoms. The van der Waals surface area contributed by atoms with Crippen molar-refractivity contribution in [3.05, 3.63) is 35.8 Å². The van der Waals surface area contributed by atoms with Gasteiger partial charge >= 0.3 is 0 Å². The van der Waals surface area contributed by atoms with Gasteiger partial charge in [0, 0.05) is 25.4 Å². The van der Waals surface area contributed by atoms with E-state index >= 15 is 0 Å². The van der Waals surface area contributed by atoms with E-state index in [4.69, 9.17) is 10.00 Å². The summed E-state index contributed by atoms with van der Waals surface area (Å²) in [6.07, 6.45) is 5.35. The van der Waals surface area contributed by atoms with E-state index in [9.17, 15) is 0 Å². The van der Waals surface area contributed by atoms with Crippen molar-refractivity contribution in [2.24, 2.45) is 7.05 Å². The van der Waals surface area contributed by atoms with Gasteiger partial charge in [0.2, 0.25) is 5.88 Å². The summed E-state index contributed by atoms with van der Waals surface area (Å²) in [5.41, 5.74) is 2.25. The van der Waals surface area contributed by atoms with Crippen LogP contribution in [0.15, 0.2) is 24.7 Å². The van der Waals surface area contributed by atoms with Crippen LogP contribution in [0.5, 0.6) is 5.88 Å². The summed E-state index contributed by atoms with van der Waals surface area (Å²) in [5, 5.41) is 16.2. The van der Waals surface area contributed by atoms with Crippen LogP contribution in [0.1, 0.15) is 11.1 Å². The smallest absolute Gasteiger partial charge is 0.231 e. The van der Waals surface area contributed by atoms with E-state index in [-0.39, 0.29) is 0 Å². The van der Waals surface area contributed by atoms with Gasteiger partial charge in [0.05, 0.1) is 25.2 Å². The molecule has 0 aliphatic rings. The maximum atomic E-state index is 8.95. The fourth-order valence-electron chi connectivity index (χ4n) is 1.56. The lowest BCUT2D eigenvalue weighted by molar-refractivity contribution is 0.396. The second-order valence-electron chi connectivity index (χ2n) is 3.77. The van der Waals surface area contributed by atoms with Gasteiger partial charge in [0.15, 0.2) is 0 Å². The molecular weight excluding hydrogens is 230 g/mol. The monoisotopic (exact) mass is 243 g/mol. The summed E-state index contributed by atoms with van der Waals surface area (Å²) in [6, 6.07) is 3.76. The molecule has 0 saturated heterocycles. The summed E-state index contributed by atoms with van der Waals surface area (Å²) >= 11 is 0. The molecule has 2 heterocycles. The van der Waals surface area contributed by atoms with Crippen molar-refractivity contribution in [2.45, 2.75) is 6.54 Å². The molecule has 0 aliphatic heterocycles. The minimum absolute atomic E-state index is 0.337. The van der Waals surface area contributed by atoms with Crippen LogP contribution in [-0.2, 0) is 13.6 Å². The van der Waals surface area contributed by atoms with Gasteiger partial charge in [-0.3, -0.25) is 4.68 Å². The van der Waals surface area contributed by atoms with Gasteiger partial charge in [-0.05, 0) is 6.07 Å². The first kappa shape index (κ1) is 11.9. The molecule has 2 aromatic heterocycles. The minimum atomic E-state index is 0.337. The van der Waals surface area contributed by atoms with Crippen LogP contribution in [0.2, 0.25) is 0 Å². The Hall–Kier alpha value is -2.55. The van der Waals surface area contributed by atoms with E-state index in [1.54, 1.807) is 23.1 Å². The second kappa shape index (κ2) is 5.19. The van der Waals surface area contributed by atoms with Crippen molar-refractivity contribution in [1.29, 1.82) is 5.26 Å². The Morgan fingerprint density at radius 1 is 1.50 bits per heavy atom. The molecule has 0 radical (unpaired) electrons. The second-order valence-corrected chi connectivity index (χ2v) is 3.77. The maximum absolute atomic E-state index is 8.95. The Morgan fingerprint density at radius 3 is 2.94 bits per heavy atom. The molecule has 2 aromatic rings. The van der Waals surface area contributed by atoms with E-state index in [0.29, 0.717) is 18.0 Å². The molecule has 0 saturated carbocycles. The standard InChI is InChI=1S/C12H13N5O/c1-17-8-9(6-16-17)5-14-11-3-10(4-13)12(18-2)15-7-11/h3,6-8,14H,5H2,1-2H3. The van der Waals surface area contributed by atoms with Crippen molar-refractivity contribution in [3.8, 4) is 11.9 Å². The molecule has 0 bridgehead atoms. The first-order valence-corrected chi connectivity index (χ1v) is 5.38. The van der Waals surface area contributed by atoms with Crippen LogP contribution in [0.25, 0.3) is 0 Å². The van der Waals surface area contributed by atoms with Gasteiger partial charge < -0.3 is 10.1 Å². The number of aryl methyl sites for hydroxylation is 1. The molecule has 92 valence electrons. The zero-order valence-corrected chi connectivity index (χ0v) is 10.2. The first-order chi connectivity index (χ1) is 8.72. The number of nitrogens with zero attached hydrogens (tertiary/aromatic N) is 4. The van der Waals surface area contributed by atoms with Gasteiger partial charge in [0.25, 0.3) is 0 Å². The lowest BCUT2D eigenvalue weighted by atomic mass is 10.2. The van der Waals surface area contributed by atoms with Gasteiger partial charge in [-0.1, -0.05) is 0 Å². The predicted molar refractivity (Wildman–Crippen MR) is 66.0 cm³/mol. The normalized spacial score (nSPS) is 9.83. The quantitative estimate of drug-likeness (QED) is 0.876. The number of pyridine rings is 1. The van der Waals surface area contributed by atoms with Gasteiger partial charge in [-0.15, -0.1) is 0 Å². The van der Waals surface area contributed by atoms with E-state index in [0.717, 1.165) is 11.3 Å². The molecule has 0 fully saturated rings. The number of anilines is 1. The number of nitrogens with one attached hydrogen (secondary N) is 1. The number of hydrogen-bond donors (Lipinski definition) is 1. The van der Waals surface area contributed by atoms with Crippen molar-refractivity contribution < 1.29 is 4.74 Å². The predicted octanol–water partition coefficient (Wildman–Crippen LogP) is 1.31. The number of ether oxygens (including phenoxy) is 1. The Morgan fingerprint density at radius 2 is 2.33 bits per heavy atom. The van der Waals surface area contributed by atoms with Crippen molar-refractivity contribution >= 4 is 5.69 Å². The van der Waals surface area contributed by atoms with Crippen LogP contribution in [0, 0.1) is 11.3 Å². The lowest BCUT2D eigenvalue weighted by Gasteiger charge is -2.06. The molecule has 2 rings (SSSR count). The molecule has 0 unspecified atom stereocenters. The van der Waals surface area contributed by atoms with Crippen molar-refractivity contribution in [3.63, 3.8) is 0 Å². The third-order valence-corrected chi connectivity index (χ3v) is 2.42. The Labute approximate surface area is 105 Å². The fraction of sp³-hybridized carbons (Fsp3) is 0.250. The fourth-order valence-corrected chi connectivity index (χ4v) is 1.56. The Bertz CT molecular complexity index is 584. The Balaban J connectivity index is 2.08. The minimum Gasteiger partial charge on any atom is -0.480 e. The number of rotatable bonds is 4. The van der Waals surface area contributed by atoms with Gasteiger partial charge in [0.1, 0.15) is 11.6 Å². The molecule has 0 aromatic carbocycles. The molecule has 0 aliphatic carbocycles. The SMILES string of the molecule is COc1ncc(NCc2cnn(C)c2)cc1C#N. The van der Waals surface area contributed by atoms with Crippen LogP contribution < -0.4 is 10.1 Å². The van der Waals surface area contributed by atoms with Crippen LogP contribution in [0.4, 0.5) is 5.69 Å². The zero-order chi connectivity index (χ0) is 13.0. The van der Waals surface area contributed by atoms with E-state index in [2.05, 4.69) is 15.4 Å². The van der Waals surface area contributed by atoms with Crippen LogP contribution >= 0.6 is 0 Å². The summed E-state index contributed by atoms with van der Waals surface area (Å²) in [5.74, 6) is 0.337. The van der Waals surface area contributed by atoms with Crippen molar-refractivity contribution in [2.75, 3.05) is 12.4 Å². The number of nitriles is 1. The highest BCUT2D eigenvalue weighted by Crippen LogP contribution is 2.18. The Kier molecular flexibility index (Phi) is 3.44. The summed E-state index contributed by atoms with van der Waals surface area (Å²) < 4.78 is 6.72. The number of methoxy groups -OCH3 is 1. The third kappa shape index (κ3) is 2.58. The summed E-state index contributed by atoms with van der Waals surface area (Å²) in [6.45, 7) is 0.632. The van der Waals surface area contributed by atoms with E-state index in [1.807, 2.05) is 19.3 Å². The summed E-state index contributed by atoms with van der Waals surface area (Å²) in [7, 11) is 3.36. The average Bonchev–Trinajstić information content (AvgIpc) is 2.81. The zero-order valence-electron chi connectivity index (χ0n) is 10.2. The van der Waals surface area contributed by atoms with Crippen LogP contribution in [-0.4, -0.2) is 21.9 Å². The van der Waals surface area contributed by atoms with Gasteiger partial charge in [-0.25, -0.2) is 4.98 Å². The highest BCUT2D eigenvalue weighted by atomic mass is 16.5. The molecular formula is C12H13N5O. The lowest BCUT2D eigenvalue weighted by Crippen LogP contribution is -2.00. The van der Waals surface area contributed by atoms with E-state index in [1.165, 1.54) is 7.11 Å². The average molecular weight is 243 g/mol. The molecule has 6 nitrogen and oxygen atoms in total. The first-order valence-electron chi connectivity index (χ1n) is 5.38.